The van der Waals surface area contributed by atoms with Gasteiger partial charge in [0.2, 0.25) is 0 Å². The highest BCUT2D eigenvalue weighted by Crippen LogP contribution is 2.20. The van der Waals surface area contributed by atoms with E-state index in [1.807, 2.05) is 0 Å². The third-order valence-corrected chi connectivity index (χ3v) is 2.90. The number of rotatable bonds is 1. The molecule has 0 bridgehead atoms. The van der Waals surface area contributed by atoms with E-state index in [1.54, 1.807) is 11.3 Å². The van der Waals surface area contributed by atoms with Crippen molar-refractivity contribution in [2.45, 2.75) is 13.3 Å². The summed E-state index contributed by atoms with van der Waals surface area (Å²) in [5.74, 6) is 0. The lowest BCUT2D eigenvalue weighted by Gasteiger charge is -1.86. The minimum absolute atomic E-state index is 1.13. The summed E-state index contributed by atoms with van der Waals surface area (Å²) in [7, 11) is 0. The van der Waals surface area contributed by atoms with Gasteiger partial charge in [-0.15, -0.1) is 0 Å². The minimum atomic E-state index is 1.13. The number of hydrogen-bond donors (Lipinski definition) is 0. The first-order chi connectivity index (χ1) is 3.84. The Hall–Kier alpha value is 0.180. The van der Waals surface area contributed by atoms with Gasteiger partial charge in [-0.25, -0.2) is 0 Å². The molecular formula is C6H7BrS. The molecule has 0 unspecified atom stereocenters. The van der Waals surface area contributed by atoms with Crippen LogP contribution in [0.15, 0.2) is 15.2 Å². The molecule has 1 aromatic heterocycles. The van der Waals surface area contributed by atoms with Gasteiger partial charge in [0.15, 0.2) is 0 Å². The summed E-state index contributed by atoms with van der Waals surface area (Å²) in [6.45, 7) is 2.16. The highest BCUT2D eigenvalue weighted by Gasteiger charge is 1.94. The number of aryl methyl sites for hydroxylation is 1. The lowest BCUT2D eigenvalue weighted by Crippen LogP contribution is -1.70. The molecule has 0 nitrogen and oxygen atoms in total. The first-order valence-corrected chi connectivity index (χ1v) is 4.28. The molecule has 0 saturated carbocycles. The lowest BCUT2D eigenvalue weighted by molar-refractivity contribution is 1.14. The molecule has 44 valence electrons. The maximum absolute atomic E-state index is 3.44. The highest BCUT2D eigenvalue weighted by molar-refractivity contribution is 9.10. The first-order valence-electron chi connectivity index (χ1n) is 2.55. The molecule has 0 atom stereocenters. The van der Waals surface area contributed by atoms with Crippen molar-refractivity contribution in [2.24, 2.45) is 0 Å². The predicted octanol–water partition coefficient (Wildman–Crippen LogP) is 3.07. The summed E-state index contributed by atoms with van der Waals surface area (Å²) in [4.78, 5) is 0. The first kappa shape index (κ1) is 6.30. The fraction of sp³-hybridized carbons (Fsp3) is 0.333. The molecular weight excluding hydrogens is 184 g/mol. The van der Waals surface area contributed by atoms with Gasteiger partial charge in [0.05, 0.1) is 0 Å². The SMILES string of the molecule is CCc1cscc1Br. The van der Waals surface area contributed by atoms with Crippen LogP contribution in [0.5, 0.6) is 0 Å². The number of hydrogen-bond acceptors (Lipinski definition) is 1. The molecule has 0 spiro atoms. The summed E-state index contributed by atoms with van der Waals surface area (Å²) in [5.41, 5.74) is 1.41. The lowest BCUT2D eigenvalue weighted by atomic mass is 10.3. The van der Waals surface area contributed by atoms with E-state index in [2.05, 4.69) is 33.6 Å². The van der Waals surface area contributed by atoms with Crippen LogP contribution in [0.2, 0.25) is 0 Å². The van der Waals surface area contributed by atoms with Crippen LogP contribution in [0.1, 0.15) is 12.5 Å². The van der Waals surface area contributed by atoms with E-state index in [-0.39, 0.29) is 0 Å². The van der Waals surface area contributed by atoms with E-state index in [9.17, 15) is 0 Å². The fourth-order valence-electron chi connectivity index (χ4n) is 0.560. The summed E-state index contributed by atoms with van der Waals surface area (Å²) in [5, 5.41) is 4.28. The van der Waals surface area contributed by atoms with E-state index >= 15 is 0 Å². The molecule has 0 saturated heterocycles. The average Bonchev–Trinajstić information content (AvgIpc) is 2.14. The predicted molar refractivity (Wildman–Crippen MR) is 41.4 cm³/mol. The van der Waals surface area contributed by atoms with E-state index in [1.165, 1.54) is 10.0 Å². The summed E-state index contributed by atoms with van der Waals surface area (Å²) in [6.07, 6.45) is 1.13. The molecule has 1 rings (SSSR count). The van der Waals surface area contributed by atoms with Crippen molar-refractivity contribution < 1.29 is 0 Å². The second-order valence-corrected chi connectivity index (χ2v) is 3.20. The van der Waals surface area contributed by atoms with Crippen molar-refractivity contribution in [2.75, 3.05) is 0 Å². The molecule has 0 aliphatic rings. The van der Waals surface area contributed by atoms with Gasteiger partial charge < -0.3 is 0 Å². The smallest absolute Gasteiger partial charge is 0.0314 e. The quantitative estimate of drug-likeness (QED) is 0.639. The van der Waals surface area contributed by atoms with Crippen LogP contribution in [0.25, 0.3) is 0 Å². The van der Waals surface area contributed by atoms with Crippen LogP contribution in [-0.4, -0.2) is 0 Å². The molecule has 2 heteroatoms. The zero-order valence-corrected chi connectivity index (χ0v) is 7.05. The topological polar surface area (TPSA) is 0 Å². The largest absolute Gasteiger partial charge is 0.151 e. The molecule has 0 aromatic carbocycles. The Morgan fingerprint density at radius 3 is 2.62 bits per heavy atom. The van der Waals surface area contributed by atoms with Gasteiger partial charge in [-0.2, -0.15) is 11.3 Å². The third-order valence-electron chi connectivity index (χ3n) is 1.07. The Morgan fingerprint density at radius 1 is 1.62 bits per heavy atom. The minimum Gasteiger partial charge on any atom is -0.151 e. The Balaban J connectivity index is 2.92. The fourth-order valence-corrected chi connectivity index (χ4v) is 2.23. The van der Waals surface area contributed by atoms with Gasteiger partial charge in [0, 0.05) is 9.85 Å². The van der Waals surface area contributed by atoms with Gasteiger partial charge in [-0.05, 0) is 33.3 Å². The molecule has 0 aliphatic heterocycles. The van der Waals surface area contributed by atoms with Crippen LogP contribution < -0.4 is 0 Å². The van der Waals surface area contributed by atoms with Gasteiger partial charge in [0.25, 0.3) is 0 Å². The molecule has 0 aliphatic carbocycles. The van der Waals surface area contributed by atoms with Crippen molar-refractivity contribution in [1.82, 2.24) is 0 Å². The van der Waals surface area contributed by atoms with E-state index < -0.39 is 0 Å². The van der Waals surface area contributed by atoms with Crippen molar-refractivity contribution in [3.8, 4) is 0 Å². The maximum Gasteiger partial charge on any atom is 0.0314 e. The monoisotopic (exact) mass is 190 g/mol. The Bertz CT molecular complexity index is 169. The zero-order chi connectivity index (χ0) is 5.98. The molecule has 0 fully saturated rings. The highest BCUT2D eigenvalue weighted by atomic mass is 79.9. The standard InChI is InChI=1S/C6H7BrS/c1-2-5-3-8-4-6(5)7/h3-4H,2H2,1H3. The van der Waals surface area contributed by atoms with Crippen molar-refractivity contribution in [3.05, 3.63) is 20.8 Å². The van der Waals surface area contributed by atoms with Crippen molar-refractivity contribution in [3.63, 3.8) is 0 Å². The van der Waals surface area contributed by atoms with Gasteiger partial charge in [-0.1, -0.05) is 6.92 Å². The molecule has 0 amide bonds. The second-order valence-electron chi connectivity index (χ2n) is 1.60. The average molecular weight is 191 g/mol. The Morgan fingerprint density at radius 2 is 2.38 bits per heavy atom. The maximum atomic E-state index is 3.44. The molecule has 0 N–H and O–H groups in total. The third kappa shape index (κ3) is 1.12. The Kier molecular flexibility index (Phi) is 2.08. The van der Waals surface area contributed by atoms with Gasteiger partial charge >= 0.3 is 0 Å². The number of thiophene rings is 1. The van der Waals surface area contributed by atoms with E-state index in [0.29, 0.717) is 0 Å². The van der Waals surface area contributed by atoms with E-state index in [4.69, 9.17) is 0 Å². The molecule has 1 aromatic rings. The van der Waals surface area contributed by atoms with Gasteiger partial charge in [0.1, 0.15) is 0 Å². The van der Waals surface area contributed by atoms with Crippen molar-refractivity contribution in [1.29, 1.82) is 0 Å². The van der Waals surface area contributed by atoms with Crippen LogP contribution in [0, 0.1) is 0 Å². The zero-order valence-electron chi connectivity index (χ0n) is 4.65. The van der Waals surface area contributed by atoms with Crippen LogP contribution >= 0.6 is 27.3 Å². The second kappa shape index (κ2) is 2.65. The molecule has 8 heavy (non-hydrogen) atoms. The van der Waals surface area contributed by atoms with Gasteiger partial charge in [-0.3, -0.25) is 0 Å². The van der Waals surface area contributed by atoms with Crippen LogP contribution in [0.4, 0.5) is 0 Å². The number of halogens is 1. The summed E-state index contributed by atoms with van der Waals surface area (Å²) >= 11 is 5.18. The molecule has 0 radical (unpaired) electrons. The summed E-state index contributed by atoms with van der Waals surface area (Å²) < 4.78 is 1.25. The summed E-state index contributed by atoms with van der Waals surface area (Å²) in [6, 6.07) is 0. The van der Waals surface area contributed by atoms with Crippen molar-refractivity contribution >= 4 is 27.3 Å². The Labute approximate surface area is 61.7 Å². The van der Waals surface area contributed by atoms with E-state index in [0.717, 1.165) is 6.42 Å². The molecule has 1 heterocycles. The normalized spacial score (nSPS) is 9.75. The van der Waals surface area contributed by atoms with Crippen LogP contribution in [-0.2, 0) is 6.42 Å². The van der Waals surface area contributed by atoms with Crippen LogP contribution in [0.3, 0.4) is 0 Å².